The van der Waals surface area contributed by atoms with Crippen molar-refractivity contribution >= 4 is 11.0 Å². The lowest BCUT2D eigenvalue weighted by atomic mass is 9.94. The van der Waals surface area contributed by atoms with Gasteiger partial charge in [0.2, 0.25) is 0 Å². The van der Waals surface area contributed by atoms with E-state index in [2.05, 4.69) is 26.0 Å². The van der Waals surface area contributed by atoms with Gasteiger partial charge in [0, 0.05) is 10.9 Å². The number of nitriles is 1. The van der Waals surface area contributed by atoms with E-state index in [-0.39, 0.29) is 6.42 Å². The summed E-state index contributed by atoms with van der Waals surface area (Å²) in [6, 6.07) is 17.7. The van der Waals surface area contributed by atoms with Crippen LogP contribution < -0.4 is 5.63 Å². The third-order valence-corrected chi connectivity index (χ3v) is 4.01. The molecule has 0 saturated heterocycles. The minimum Gasteiger partial charge on any atom is -0.422 e. The van der Waals surface area contributed by atoms with Crippen LogP contribution in [0.4, 0.5) is 0 Å². The van der Waals surface area contributed by atoms with Crippen LogP contribution in [0.2, 0.25) is 0 Å². The van der Waals surface area contributed by atoms with Crippen LogP contribution in [0.15, 0.2) is 57.7 Å². The Labute approximate surface area is 134 Å². The summed E-state index contributed by atoms with van der Waals surface area (Å²) >= 11 is 0. The first-order valence-electron chi connectivity index (χ1n) is 7.64. The molecule has 23 heavy (non-hydrogen) atoms. The van der Waals surface area contributed by atoms with Crippen LogP contribution in [-0.2, 0) is 6.42 Å². The summed E-state index contributed by atoms with van der Waals surface area (Å²) in [7, 11) is 0. The van der Waals surface area contributed by atoms with Crippen molar-refractivity contribution in [3.8, 4) is 17.2 Å². The second-order valence-electron chi connectivity index (χ2n) is 5.85. The van der Waals surface area contributed by atoms with E-state index in [1.54, 1.807) is 0 Å². The molecule has 0 atom stereocenters. The van der Waals surface area contributed by atoms with E-state index in [9.17, 15) is 4.79 Å². The van der Waals surface area contributed by atoms with Crippen molar-refractivity contribution in [3.63, 3.8) is 0 Å². The third kappa shape index (κ3) is 2.76. The van der Waals surface area contributed by atoms with E-state index in [0.717, 1.165) is 22.1 Å². The van der Waals surface area contributed by atoms with Crippen LogP contribution in [-0.4, -0.2) is 0 Å². The zero-order valence-corrected chi connectivity index (χ0v) is 13.2. The fourth-order valence-corrected chi connectivity index (χ4v) is 2.79. The maximum Gasteiger partial charge on any atom is 0.341 e. The van der Waals surface area contributed by atoms with E-state index in [1.807, 2.05) is 42.5 Å². The fourth-order valence-electron chi connectivity index (χ4n) is 2.79. The first-order chi connectivity index (χ1) is 11.1. The van der Waals surface area contributed by atoms with Crippen LogP contribution >= 0.6 is 0 Å². The van der Waals surface area contributed by atoms with Crippen LogP contribution in [0, 0.1) is 11.3 Å². The number of benzene rings is 2. The molecule has 0 N–H and O–H groups in total. The number of hydrogen-bond donors (Lipinski definition) is 0. The molecule has 114 valence electrons. The molecule has 1 aromatic heterocycles. The van der Waals surface area contributed by atoms with Crippen molar-refractivity contribution in [2.75, 3.05) is 0 Å². The molecule has 0 aliphatic rings. The molecule has 3 nitrogen and oxygen atoms in total. The summed E-state index contributed by atoms with van der Waals surface area (Å²) in [4.78, 5) is 12.4. The Balaban J connectivity index is 2.40. The summed E-state index contributed by atoms with van der Waals surface area (Å²) in [6.45, 7) is 4.20. The van der Waals surface area contributed by atoms with Gasteiger partial charge in [-0.3, -0.25) is 0 Å². The summed E-state index contributed by atoms with van der Waals surface area (Å²) in [5, 5.41) is 9.94. The maximum absolute atomic E-state index is 12.4. The van der Waals surface area contributed by atoms with Gasteiger partial charge in [0.15, 0.2) is 0 Å². The molecular formula is C20H17NO2. The van der Waals surface area contributed by atoms with Crippen molar-refractivity contribution in [2.45, 2.75) is 26.2 Å². The summed E-state index contributed by atoms with van der Waals surface area (Å²) in [5.41, 5.74) is 3.40. The Morgan fingerprint density at radius 2 is 1.87 bits per heavy atom. The normalized spacial score (nSPS) is 10.9. The zero-order valence-electron chi connectivity index (χ0n) is 13.2. The molecule has 0 fully saturated rings. The number of hydrogen-bond acceptors (Lipinski definition) is 3. The molecule has 0 aliphatic carbocycles. The summed E-state index contributed by atoms with van der Waals surface area (Å²) in [6.07, 6.45) is 0.0361. The van der Waals surface area contributed by atoms with Gasteiger partial charge in [-0.2, -0.15) is 5.26 Å². The van der Waals surface area contributed by atoms with Crippen molar-refractivity contribution in [1.29, 1.82) is 5.26 Å². The van der Waals surface area contributed by atoms with Gasteiger partial charge in [-0.15, -0.1) is 0 Å². The molecule has 0 aliphatic heterocycles. The van der Waals surface area contributed by atoms with Crippen molar-refractivity contribution in [2.24, 2.45) is 0 Å². The zero-order chi connectivity index (χ0) is 16.4. The van der Waals surface area contributed by atoms with Gasteiger partial charge in [0.25, 0.3) is 0 Å². The van der Waals surface area contributed by atoms with E-state index in [1.165, 1.54) is 0 Å². The van der Waals surface area contributed by atoms with E-state index < -0.39 is 5.63 Å². The highest BCUT2D eigenvalue weighted by atomic mass is 16.4. The van der Waals surface area contributed by atoms with Gasteiger partial charge in [-0.05, 0) is 23.1 Å². The minimum absolute atomic E-state index is 0.0361. The molecule has 0 amide bonds. The maximum atomic E-state index is 12.4. The molecule has 2 aromatic carbocycles. The SMILES string of the molecule is CC(C)c1ccc2c(-c3ccccc3)c(CC#N)c(=O)oc2c1. The molecule has 0 radical (unpaired) electrons. The lowest BCUT2D eigenvalue weighted by Crippen LogP contribution is -2.09. The fraction of sp³-hybridized carbons (Fsp3) is 0.200. The molecule has 1 heterocycles. The average molecular weight is 303 g/mol. The van der Waals surface area contributed by atoms with E-state index in [0.29, 0.717) is 17.1 Å². The molecule has 0 unspecified atom stereocenters. The first-order valence-corrected chi connectivity index (χ1v) is 7.64. The number of fused-ring (bicyclic) bond motifs is 1. The summed E-state index contributed by atoms with van der Waals surface area (Å²) < 4.78 is 5.49. The van der Waals surface area contributed by atoms with Crippen LogP contribution in [0.3, 0.4) is 0 Å². The third-order valence-electron chi connectivity index (χ3n) is 4.01. The molecule has 3 heteroatoms. The van der Waals surface area contributed by atoms with Crippen LogP contribution in [0.5, 0.6) is 0 Å². The molecule has 3 aromatic rings. The van der Waals surface area contributed by atoms with E-state index >= 15 is 0 Å². The topological polar surface area (TPSA) is 54.0 Å². The Morgan fingerprint density at radius 3 is 2.52 bits per heavy atom. The lowest BCUT2D eigenvalue weighted by Gasteiger charge is -2.12. The van der Waals surface area contributed by atoms with E-state index in [4.69, 9.17) is 9.68 Å². The monoisotopic (exact) mass is 303 g/mol. The predicted molar refractivity (Wildman–Crippen MR) is 91.3 cm³/mol. The van der Waals surface area contributed by atoms with Gasteiger partial charge in [0.1, 0.15) is 5.58 Å². The Morgan fingerprint density at radius 1 is 1.13 bits per heavy atom. The van der Waals surface area contributed by atoms with Gasteiger partial charge in [0.05, 0.1) is 18.1 Å². The average Bonchev–Trinajstić information content (AvgIpc) is 2.56. The Hall–Kier alpha value is -2.86. The molecule has 3 rings (SSSR count). The van der Waals surface area contributed by atoms with Gasteiger partial charge < -0.3 is 4.42 Å². The largest absolute Gasteiger partial charge is 0.422 e. The molecule has 0 bridgehead atoms. The smallest absolute Gasteiger partial charge is 0.341 e. The highest BCUT2D eigenvalue weighted by molar-refractivity contribution is 5.95. The van der Waals surface area contributed by atoms with Crippen molar-refractivity contribution in [1.82, 2.24) is 0 Å². The first kappa shape index (κ1) is 15.1. The highest BCUT2D eigenvalue weighted by Gasteiger charge is 2.16. The van der Waals surface area contributed by atoms with Crippen molar-refractivity contribution in [3.05, 3.63) is 70.1 Å². The minimum atomic E-state index is -0.432. The molecule has 0 saturated carbocycles. The second kappa shape index (κ2) is 6.10. The highest BCUT2D eigenvalue weighted by Crippen LogP contribution is 2.32. The number of nitrogens with zero attached hydrogens (tertiary/aromatic N) is 1. The van der Waals surface area contributed by atoms with Gasteiger partial charge in [-0.1, -0.05) is 56.3 Å². The number of rotatable bonds is 3. The summed E-state index contributed by atoms with van der Waals surface area (Å²) in [5.74, 6) is 0.351. The van der Waals surface area contributed by atoms with Crippen LogP contribution in [0.25, 0.3) is 22.1 Å². The molecular weight excluding hydrogens is 286 g/mol. The van der Waals surface area contributed by atoms with Gasteiger partial charge in [-0.25, -0.2) is 4.79 Å². The second-order valence-corrected chi connectivity index (χ2v) is 5.85. The van der Waals surface area contributed by atoms with Gasteiger partial charge >= 0.3 is 5.63 Å². The lowest BCUT2D eigenvalue weighted by molar-refractivity contribution is 0.553. The Kier molecular flexibility index (Phi) is 3.99. The van der Waals surface area contributed by atoms with Crippen molar-refractivity contribution < 1.29 is 4.42 Å². The predicted octanol–water partition coefficient (Wildman–Crippen LogP) is 4.65. The Bertz CT molecular complexity index is 947. The van der Waals surface area contributed by atoms with Crippen LogP contribution in [0.1, 0.15) is 30.9 Å². The molecule has 0 spiro atoms. The standard InChI is InChI=1S/C20H17NO2/c1-13(2)15-8-9-16-18(12-15)23-20(22)17(10-11-21)19(16)14-6-4-3-5-7-14/h3-9,12-13H,10H2,1-2H3. The quantitative estimate of drug-likeness (QED) is 0.662.